The predicted molar refractivity (Wildman–Crippen MR) is 146 cm³/mol. The molecule has 2 saturated heterocycles. The lowest BCUT2D eigenvalue weighted by molar-refractivity contribution is -0.127. The van der Waals surface area contributed by atoms with E-state index in [0.29, 0.717) is 13.2 Å². The van der Waals surface area contributed by atoms with Gasteiger partial charge in [-0.1, -0.05) is 36.4 Å². The number of fused-ring (bicyclic) bond motifs is 1. The molecule has 1 amide bonds. The molecule has 2 fully saturated rings. The number of hydrogen-bond donors (Lipinski definition) is 1. The number of rotatable bonds is 9. The molecule has 2 aromatic carbocycles. The van der Waals surface area contributed by atoms with Crippen LogP contribution >= 0.6 is 0 Å². The topological polar surface area (TPSA) is 66.9 Å². The van der Waals surface area contributed by atoms with E-state index in [1.807, 2.05) is 19.1 Å². The van der Waals surface area contributed by atoms with Crippen LogP contribution in [-0.4, -0.2) is 79.8 Å². The van der Waals surface area contributed by atoms with Gasteiger partial charge in [0, 0.05) is 57.4 Å². The van der Waals surface area contributed by atoms with Crippen LogP contribution in [0.25, 0.3) is 10.8 Å². The molecule has 3 aromatic rings. The highest BCUT2D eigenvalue weighted by Crippen LogP contribution is 2.26. The minimum atomic E-state index is -0.0522. The Balaban J connectivity index is 1.22. The molecule has 2 atom stereocenters. The van der Waals surface area contributed by atoms with Crippen LogP contribution in [-0.2, 0) is 16.1 Å². The predicted octanol–water partition coefficient (Wildman–Crippen LogP) is 3.51. The molecule has 37 heavy (non-hydrogen) atoms. The number of carbonyl (C=O) groups excluding carboxylic acids is 1. The van der Waals surface area contributed by atoms with E-state index in [1.54, 1.807) is 6.20 Å². The van der Waals surface area contributed by atoms with Crippen molar-refractivity contribution in [3.05, 3.63) is 72.1 Å². The summed E-state index contributed by atoms with van der Waals surface area (Å²) in [6.45, 7) is 10.0. The number of hydrogen-bond acceptors (Lipinski definition) is 6. The second kappa shape index (κ2) is 12.5. The Morgan fingerprint density at radius 1 is 1.05 bits per heavy atom. The van der Waals surface area contributed by atoms with E-state index in [-0.39, 0.29) is 17.7 Å². The number of piperidine rings is 1. The van der Waals surface area contributed by atoms with E-state index in [1.165, 1.54) is 16.3 Å². The minimum absolute atomic E-state index is 0.0522. The molecule has 7 nitrogen and oxygen atoms in total. The van der Waals surface area contributed by atoms with Crippen molar-refractivity contribution in [3.8, 4) is 5.75 Å². The van der Waals surface area contributed by atoms with Gasteiger partial charge in [-0.2, -0.15) is 0 Å². The smallest absolute Gasteiger partial charge is 0.224 e. The van der Waals surface area contributed by atoms with Crippen molar-refractivity contribution in [1.29, 1.82) is 0 Å². The molecule has 0 aliphatic carbocycles. The summed E-state index contributed by atoms with van der Waals surface area (Å²) < 4.78 is 11.5. The minimum Gasteiger partial charge on any atom is -0.492 e. The molecule has 5 rings (SSSR count). The van der Waals surface area contributed by atoms with Gasteiger partial charge in [-0.05, 0) is 47.9 Å². The SMILES string of the molecule is Cc1ccc(OC[C@H]2C[C@@H](C(=O)NCCN3CCOCC3)CN(Cc3ccc4ccccc4c3)C2)cn1. The summed E-state index contributed by atoms with van der Waals surface area (Å²) in [5.74, 6) is 1.15. The Hall–Kier alpha value is -3.00. The maximum atomic E-state index is 13.2. The fraction of sp³-hybridized carbons (Fsp3) is 0.467. The maximum absolute atomic E-state index is 13.2. The molecule has 0 radical (unpaired) electrons. The largest absolute Gasteiger partial charge is 0.492 e. The van der Waals surface area contributed by atoms with Crippen molar-refractivity contribution in [2.24, 2.45) is 11.8 Å². The van der Waals surface area contributed by atoms with Crippen LogP contribution in [0.1, 0.15) is 17.7 Å². The number of pyridine rings is 1. The number of nitrogens with zero attached hydrogens (tertiary/aromatic N) is 3. The van der Waals surface area contributed by atoms with Crippen molar-refractivity contribution in [3.63, 3.8) is 0 Å². The van der Waals surface area contributed by atoms with Crippen LogP contribution in [0.2, 0.25) is 0 Å². The Bertz CT molecular complexity index is 1160. The number of benzene rings is 2. The second-order valence-electron chi connectivity index (χ2n) is 10.4. The van der Waals surface area contributed by atoms with Gasteiger partial charge in [0.15, 0.2) is 0 Å². The monoisotopic (exact) mass is 502 g/mol. The Morgan fingerprint density at radius 2 is 1.89 bits per heavy atom. The second-order valence-corrected chi connectivity index (χ2v) is 10.4. The molecular formula is C30H38N4O3. The third-order valence-corrected chi connectivity index (χ3v) is 7.40. The third-order valence-electron chi connectivity index (χ3n) is 7.40. The number of aryl methyl sites for hydroxylation is 1. The van der Waals surface area contributed by atoms with E-state index < -0.39 is 0 Å². The molecular weight excluding hydrogens is 464 g/mol. The van der Waals surface area contributed by atoms with Crippen molar-refractivity contribution >= 4 is 16.7 Å². The first-order valence-corrected chi connectivity index (χ1v) is 13.5. The standard InChI is InChI=1S/C30H38N4O3/c1-23-6-9-29(18-32-23)37-22-25-17-28(30(35)31-10-11-33-12-14-36-15-13-33)21-34(20-25)19-24-7-8-26-4-2-3-5-27(26)16-24/h2-9,16,18,25,28H,10-15,17,19-22H2,1H3,(H,31,35)/t25-,28+/m0/s1. The highest BCUT2D eigenvalue weighted by molar-refractivity contribution is 5.83. The molecule has 0 bridgehead atoms. The quantitative estimate of drug-likeness (QED) is 0.483. The number of nitrogens with one attached hydrogen (secondary N) is 1. The molecule has 0 spiro atoms. The van der Waals surface area contributed by atoms with Gasteiger partial charge in [0.2, 0.25) is 5.91 Å². The molecule has 7 heteroatoms. The third kappa shape index (κ3) is 7.28. The molecule has 3 heterocycles. The zero-order chi connectivity index (χ0) is 25.5. The number of ether oxygens (including phenoxy) is 2. The molecule has 0 unspecified atom stereocenters. The first-order valence-electron chi connectivity index (χ1n) is 13.5. The van der Waals surface area contributed by atoms with Crippen molar-refractivity contribution < 1.29 is 14.3 Å². The summed E-state index contributed by atoms with van der Waals surface area (Å²) in [6.07, 6.45) is 2.61. The maximum Gasteiger partial charge on any atom is 0.224 e. The van der Waals surface area contributed by atoms with Gasteiger partial charge in [-0.3, -0.25) is 19.6 Å². The molecule has 1 N–H and O–H groups in total. The average Bonchev–Trinajstić information content (AvgIpc) is 2.93. The van der Waals surface area contributed by atoms with E-state index in [9.17, 15) is 4.79 Å². The highest BCUT2D eigenvalue weighted by atomic mass is 16.5. The van der Waals surface area contributed by atoms with Gasteiger partial charge >= 0.3 is 0 Å². The van der Waals surface area contributed by atoms with Gasteiger partial charge in [0.1, 0.15) is 5.75 Å². The van der Waals surface area contributed by atoms with Crippen LogP contribution in [0.4, 0.5) is 0 Å². The van der Waals surface area contributed by atoms with Gasteiger partial charge < -0.3 is 14.8 Å². The first-order chi connectivity index (χ1) is 18.1. The summed E-state index contributed by atoms with van der Waals surface area (Å²) in [4.78, 5) is 22.3. The number of carbonyl (C=O) groups is 1. The zero-order valence-corrected chi connectivity index (χ0v) is 21.8. The fourth-order valence-electron chi connectivity index (χ4n) is 5.40. The average molecular weight is 503 g/mol. The molecule has 2 aliphatic rings. The summed E-state index contributed by atoms with van der Waals surface area (Å²) >= 11 is 0. The number of morpholine rings is 1. The van der Waals surface area contributed by atoms with E-state index >= 15 is 0 Å². The normalized spacial score (nSPS) is 21.1. The van der Waals surface area contributed by atoms with Gasteiger partial charge in [0.05, 0.1) is 31.9 Å². The van der Waals surface area contributed by atoms with Gasteiger partial charge in [-0.15, -0.1) is 0 Å². The van der Waals surface area contributed by atoms with Crippen molar-refractivity contribution in [1.82, 2.24) is 20.1 Å². The van der Waals surface area contributed by atoms with Crippen LogP contribution in [0, 0.1) is 18.8 Å². The molecule has 1 aromatic heterocycles. The van der Waals surface area contributed by atoms with Crippen LogP contribution < -0.4 is 10.1 Å². The number of likely N-dealkylation sites (tertiary alicyclic amines) is 1. The van der Waals surface area contributed by atoms with E-state index in [0.717, 1.165) is 70.3 Å². The first kappa shape index (κ1) is 25.6. The molecule has 0 saturated carbocycles. The van der Waals surface area contributed by atoms with Crippen molar-refractivity contribution in [2.75, 3.05) is 59.1 Å². The lowest BCUT2D eigenvalue weighted by atomic mass is 9.88. The summed E-state index contributed by atoms with van der Waals surface area (Å²) in [5, 5.41) is 5.71. The summed E-state index contributed by atoms with van der Waals surface area (Å²) in [6, 6.07) is 19.1. The van der Waals surface area contributed by atoms with Gasteiger partial charge in [-0.25, -0.2) is 0 Å². The molecule has 196 valence electrons. The number of aromatic nitrogens is 1. The zero-order valence-electron chi connectivity index (χ0n) is 21.8. The highest BCUT2D eigenvalue weighted by Gasteiger charge is 2.32. The van der Waals surface area contributed by atoms with Crippen molar-refractivity contribution in [2.45, 2.75) is 19.9 Å². The Labute approximate surface area is 219 Å². The van der Waals surface area contributed by atoms with Crippen LogP contribution in [0.3, 0.4) is 0 Å². The summed E-state index contributed by atoms with van der Waals surface area (Å²) in [5.41, 5.74) is 2.25. The molecule has 2 aliphatic heterocycles. The van der Waals surface area contributed by atoms with E-state index in [4.69, 9.17) is 9.47 Å². The van der Waals surface area contributed by atoms with Gasteiger partial charge in [0.25, 0.3) is 0 Å². The van der Waals surface area contributed by atoms with E-state index in [2.05, 4.69) is 62.6 Å². The Morgan fingerprint density at radius 3 is 2.70 bits per heavy atom. The van der Waals surface area contributed by atoms with Crippen LogP contribution in [0.15, 0.2) is 60.8 Å². The summed E-state index contributed by atoms with van der Waals surface area (Å²) in [7, 11) is 0. The van der Waals surface area contributed by atoms with Crippen LogP contribution in [0.5, 0.6) is 5.75 Å². The lowest BCUT2D eigenvalue weighted by Crippen LogP contribution is -2.48. The fourth-order valence-corrected chi connectivity index (χ4v) is 5.40. The lowest BCUT2D eigenvalue weighted by Gasteiger charge is -2.37. The Kier molecular flexibility index (Phi) is 8.66. The number of amides is 1.